The maximum atomic E-state index is 5.50. The van der Waals surface area contributed by atoms with Crippen molar-refractivity contribution in [1.82, 2.24) is 9.55 Å². The summed E-state index contributed by atoms with van der Waals surface area (Å²) in [6, 6.07) is 6.46. The summed E-state index contributed by atoms with van der Waals surface area (Å²) in [4.78, 5) is 5.22. The van der Waals surface area contributed by atoms with Gasteiger partial charge in [0, 0.05) is 19.2 Å². The van der Waals surface area contributed by atoms with Gasteiger partial charge < -0.3 is 10.3 Å². The van der Waals surface area contributed by atoms with Crippen molar-refractivity contribution in [3.8, 4) is 0 Å². The number of benzene rings is 1. The Kier molecular flexibility index (Phi) is 4.24. The molecule has 0 amide bonds. The number of thiocarbonyl (C=S) groups is 1. The van der Waals surface area contributed by atoms with Crippen LogP contribution in [0.2, 0.25) is 0 Å². The first kappa shape index (κ1) is 13.4. The average molecular weight is 279 g/mol. The molecule has 0 unspecified atom stereocenters. The monoisotopic (exact) mass is 279 g/mol. The molecule has 96 valence electrons. The van der Waals surface area contributed by atoms with Gasteiger partial charge in [-0.1, -0.05) is 37.0 Å². The number of rotatable bonds is 5. The van der Waals surface area contributed by atoms with Crippen molar-refractivity contribution < 1.29 is 0 Å². The molecule has 0 saturated heterocycles. The average Bonchev–Trinajstić information content (AvgIpc) is 2.65. The quantitative estimate of drug-likeness (QED) is 0.675. The summed E-state index contributed by atoms with van der Waals surface area (Å²) in [6.07, 6.45) is 1.79. The van der Waals surface area contributed by atoms with Crippen LogP contribution in [-0.2, 0) is 13.5 Å². The number of fused-ring (bicyclic) bond motifs is 1. The fourth-order valence-electron chi connectivity index (χ4n) is 1.82. The lowest BCUT2D eigenvalue weighted by atomic mass is 10.1. The van der Waals surface area contributed by atoms with Gasteiger partial charge in [-0.3, -0.25) is 0 Å². The van der Waals surface area contributed by atoms with Crippen LogP contribution in [0.15, 0.2) is 23.4 Å². The van der Waals surface area contributed by atoms with E-state index in [0.717, 1.165) is 29.3 Å². The minimum Gasteiger partial charge on any atom is -0.393 e. The highest BCUT2D eigenvalue weighted by molar-refractivity contribution is 7.99. The smallest absolute Gasteiger partial charge is 0.168 e. The lowest BCUT2D eigenvalue weighted by molar-refractivity contribution is 0.815. The number of hydrogen-bond donors (Lipinski definition) is 1. The van der Waals surface area contributed by atoms with E-state index in [0.29, 0.717) is 4.99 Å². The van der Waals surface area contributed by atoms with E-state index in [1.807, 2.05) is 7.05 Å². The summed E-state index contributed by atoms with van der Waals surface area (Å²) in [6.45, 7) is 2.15. The minimum atomic E-state index is 0.564. The van der Waals surface area contributed by atoms with Gasteiger partial charge in [-0.05, 0) is 24.1 Å². The predicted octanol–water partition coefficient (Wildman–Crippen LogP) is 2.90. The largest absolute Gasteiger partial charge is 0.393 e. The second-order valence-electron chi connectivity index (χ2n) is 4.19. The van der Waals surface area contributed by atoms with E-state index >= 15 is 0 Å². The van der Waals surface area contributed by atoms with E-state index in [1.165, 1.54) is 11.1 Å². The SMILES string of the molecule is CCc1ccc2c(c1)nc(SCCC(N)=S)n2C. The highest BCUT2D eigenvalue weighted by Crippen LogP contribution is 2.24. The molecule has 0 fully saturated rings. The summed E-state index contributed by atoms with van der Waals surface area (Å²) < 4.78 is 2.12. The summed E-state index contributed by atoms with van der Waals surface area (Å²) >= 11 is 6.58. The number of imidazole rings is 1. The molecule has 1 aromatic carbocycles. The summed E-state index contributed by atoms with van der Waals surface area (Å²) in [5, 5.41) is 1.02. The van der Waals surface area contributed by atoms with Crippen LogP contribution < -0.4 is 5.73 Å². The van der Waals surface area contributed by atoms with Gasteiger partial charge in [-0.25, -0.2) is 4.98 Å². The molecule has 5 heteroatoms. The van der Waals surface area contributed by atoms with Crippen molar-refractivity contribution >= 4 is 40.0 Å². The van der Waals surface area contributed by atoms with Gasteiger partial charge in [-0.15, -0.1) is 0 Å². The Morgan fingerprint density at radius 3 is 2.94 bits per heavy atom. The molecule has 1 heterocycles. The van der Waals surface area contributed by atoms with Crippen LogP contribution >= 0.6 is 24.0 Å². The molecule has 0 spiro atoms. The van der Waals surface area contributed by atoms with Crippen LogP contribution in [0, 0.1) is 0 Å². The highest BCUT2D eigenvalue weighted by atomic mass is 32.2. The fraction of sp³-hybridized carbons (Fsp3) is 0.385. The van der Waals surface area contributed by atoms with Crippen LogP contribution in [0.4, 0.5) is 0 Å². The van der Waals surface area contributed by atoms with Crippen molar-refractivity contribution in [3.63, 3.8) is 0 Å². The molecule has 0 aliphatic heterocycles. The third kappa shape index (κ3) is 2.84. The fourth-order valence-corrected chi connectivity index (χ4v) is 3.01. The Labute approximate surface area is 117 Å². The van der Waals surface area contributed by atoms with Gasteiger partial charge in [0.05, 0.1) is 16.0 Å². The molecule has 0 aliphatic carbocycles. The molecule has 2 rings (SSSR count). The molecule has 3 nitrogen and oxygen atoms in total. The Bertz CT molecular complexity index is 575. The van der Waals surface area contributed by atoms with Crippen molar-refractivity contribution in [2.24, 2.45) is 12.8 Å². The van der Waals surface area contributed by atoms with Crippen LogP contribution in [0.25, 0.3) is 11.0 Å². The number of hydrogen-bond acceptors (Lipinski definition) is 3. The van der Waals surface area contributed by atoms with Crippen LogP contribution in [0.3, 0.4) is 0 Å². The maximum absolute atomic E-state index is 5.50. The van der Waals surface area contributed by atoms with Crippen LogP contribution in [0.1, 0.15) is 18.9 Å². The third-order valence-electron chi connectivity index (χ3n) is 2.89. The molecule has 0 aliphatic rings. The van der Waals surface area contributed by atoms with Crippen molar-refractivity contribution in [1.29, 1.82) is 0 Å². The molecular weight excluding hydrogens is 262 g/mol. The first-order valence-electron chi connectivity index (χ1n) is 5.98. The molecule has 0 saturated carbocycles. The third-order valence-corrected chi connectivity index (χ3v) is 4.13. The van der Waals surface area contributed by atoms with Crippen molar-refractivity contribution in [3.05, 3.63) is 23.8 Å². The first-order chi connectivity index (χ1) is 8.61. The number of nitrogens with zero attached hydrogens (tertiary/aromatic N) is 2. The molecule has 0 bridgehead atoms. The van der Waals surface area contributed by atoms with Gasteiger partial charge in [0.25, 0.3) is 0 Å². The molecule has 2 N–H and O–H groups in total. The topological polar surface area (TPSA) is 43.8 Å². The van der Waals surface area contributed by atoms with Gasteiger partial charge in [-0.2, -0.15) is 0 Å². The molecule has 18 heavy (non-hydrogen) atoms. The zero-order valence-corrected chi connectivity index (χ0v) is 12.3. The number of aryl methyl sites for hydroxylation is 2. The Morgan fingerprint density at radius 1 is 1.50 bits per heavy atom. The van der Waals surface area contributed by atoms with Gasteiger partial charge >= 0.3 is 0 Å². The van der Waals surface area contributed by atoms with E-state index < -0.39 is 0 Å². The van der Waals surface area contributed by atoms with Gasteiger partial charge in [0.1, 0.15) is 0 Å². The van der Waals surface area contributed by atoms with E-state index in [9.17, 15) is 0 Å². The Balaban J connectivity index is 2.23. The Hall–Kier alpha value is -1.07. The summed E-state index contributed by atoms with van der Waals surface area (Å²) in [5.74, 6) is 0.882. The standard InChI is InChI=1S/C13H17N3S2/c1-3-9-4-5-11-10(8-9)15-13(16(11)2)18-7-6-12(14)17/h4-5,8H,3,6-7H2,1-2H3,(H2,14,17). The van der Waals surface area contributed by atoms with Crippen molar-refractivity contribution in [2.75, 3.05) is 5.75 Å². The molecular formula is C13H17N3S2. The molecule has 0 radical (unpaired) electrons. The normalized spacial score (nSPS) is 11.0. The van der Waals surface area contributed by atoms with Crippen LogP contribution in [-0.4, -0.2) is 20.3 Å². The summed E-state index contributed by atoms with van der Waals surface area (Å²) in [5.41, 5.74) is 9.05. The van der Waals surface area contributed by atoms with E-state index in [2.05, 4.69) is 34.7 Å². The lowest BCUT2D eigenvalue weighted by Crippen LogP contribution is -2.08. The van der Waals surface area contributed by atoms with Crippen LogP contribution in [0.5, 0.6) is 0 Å². The second-order valence-corrected chi connectivity index (χ2v) is 5.78. The lowest BCUT2D eigenvalue weighted by Gasteiger charge is -2.01. The zero-order valence-electron chi connectivity index (χ0n) is 10.6. The number of aromatic nitrogens is 2. The second kappa shape index (κ2) is 5.71. The van der Waals surface area contributed by atoms with E-state index in [1.54, 1.807) is 11.8 Å². The molecule has 2 aromatic rings. The van der Waals surface area contributed by atoms with Gasteiger partial charge in [0.15, 0.2) is 5.16 Å². The predicted molar refractivity (Wildman–Crippen MR) is 82.2 cm³/mol. The number of nitrogens with two attached hydrogens (primary N) is 1. The number of thioether (sulfide) groups is 1. The van der Waals surface area contributed by atoms with Gasteiger partial charge in [0.2, 0.25) is 0 Å². The van der Waals surface area contributed by atoms with E-state index in [-0.39, 0.29) is 0 Å². The zero-order chi connectivity index (χ0) is 13.1. The minimum absolute atomic E-state index is 0.564. The molecule has 1 aromatic heterocycles. The summed E-state index contributed by atoms with van der Waals surface area (Å²) in [7, 11) is 2.05. The maximum Gasteiger partial charge on any atom is 0.168 e. The highest BCUT2D eigenvalue weighted by Gasteiger charge is 2.08. The van der Waals surface area contributed by atoms with Crippen molar-refractivity contribution in [2.45, 2.75) is 24.9 Å². The Morgan fingerprint density at radius 2 is 2.28 bits per heavy atom. The first-order valence-corrected chi connectivity index (χ1v) is 7.37. The molecule has 0 atom stereocenters. The van der Waals surface area contributed by atoms with E-state index in [4.69, 9.17) is 18.0 Å².